The number of hydrogen-bond donors (Lipinski definition) is 1. The van der Waals surface area contributed by atoms with E-state index >= 15 is 0 Å². The van der Waals surface area contributed by atoms with Crippen molar-refractivity contribution < 1.29 is 14.3 Å². The highest BCUT2D eigenvalue weighted by Crippen LogP contribution is 2.30. The van der Waals surface area contributed by atoms with E-state index in [1.165, 1.54) is 0 Å². The minimum atomic E-state index is -0.723. The summed E-state index contributed by atoms with van der Waals surface area (Å²) in [4.78, 5) is 15.0. The number of imidazole rings is 1. The lowest BCUT2D eigenvalue weighted by atomic mass is 10.1. The number of methoxy groups -OCH3 is 1. The van der Waals surface area contributed by atoms with Crippen molar-refractivity contribution >= 4 is 11.7 Å². The van der Waals surface area contributed by atoms with E-state index in [0.717, 1.165) is 11.3 Å². The fourth-order valence-electron chi connectivity index (χ4n) is 2.34. The molecule has 6 nitrogen and oxygen atoms in total. The van der Waals surface area contributed by atoms with Gasteiger partial charge in [0.2, 0.25) is 0 Å². The number of ether oxygens (including phenoxy) is 2. The predicted molar refractivity (Wildman–Crippen MR) is 75.0 cm³/mol. The minimum Gasteiger partial charge on any atom is -0.446 e. The average Bonchev–Trinajstić information content (AvgIpc) is 2.97. The van der Waals surface area contributed by atoms with E-state index in [0.29, 0.717) is 19.4 Å². The number of hydrogen-bond acceptors (Lipinski definition) is 4. The highest BCUT2D eigenvalue weighted by molar-refractivity contribution is 5.68. The molecule has 0 fully saturated rings. The van der Waals surface area contributed by atoms with Gasteiger partial charge in [0.05, 0.1) is 30.4 Å². The van der Waals surface area contributed by atoms with Crippen LogP contribution in [0.25, 0.3) is 5.57 Å². The van der Waals surface area contributed by atoms with Gasteiger partial charge in [0.25, 0.3) is 0 Å². The van der Waals surface area contributed by atoms with Gasteiger partial charge in [-0.25, -0.2) is 9.78 Å². The van der Waals surface area contributed by atoms with E-state index in [9.17, 15) is 4.79 Å². The molecule has 0 aliphatic heterocycles. The van der Waals surface area contributed by atoms with Crippen LogP contribution in [0.1, 0.15) is 32.4 Å². The van der Waals surface area contributed by atoms with E-state index in [1.807, 2.05) is 20.0 Å². The molecule has 0 spiro atoms. The molecule has 1 aliphatic rings. The molecule has 0 saturated carbocycles. The van der Waals surface area contributed by atoms with Crippen LogP contribution in [0.15, 0.2) is 18.6 Å². The van der Waals surface area contributed by atoms with Crippen LogP contribution < -0.4 is 5.73 Å². The number of rotatable bonds is 5. The first kappa shape index (κ1) is 14.6. The SMILES string of the molecule is COC(C)(C)Cn1cncc1C1=CCC(OC(N)=O)C1. The first-order valence-corrected chi connectivity index (χ1v) is 6.62. The Morgan fingerprint density at radius 2 is 2.35 bits per heavy atom. The number of amides is 1. The van der Waals surface area contributed by atoms with Gasteiger partial charge in [0.1, 0.15) is 6.10 Å². The van der Waals surface area contributed by atoms with E-state index in [2.05, 4.69) is 15.6 Å². The highest BCUT2D eigenvalue weighted by Gasteiger charge is 2.25. The topological polar surface area (TPSA) is 79.4 Å². The molecule has 1 heterocycles. The lowest BCUT2D eigenvalue weighted by Crippen LogP contribution is -2.29. The summed E-state index contributed by atoms with van der Waals surface area (Å²) in [5, 5.41) is 0. The Balaban J connectivity index is 2.08. The molecular formula is C14H21N3O3. The second-order valence-electron chi connectivity index (χ2n) is 5.60. The van der Waals surface area contributed by atoms with Gasteiger partial charge < -0.3 is 19.8 Å². The second kappa shape index (κ2) is 5.66. The first-order chi connectivity index (χ1) is 9.41. The maximum Gasteiger partial charge on any atom is 0.404 e. The van der Waals surface area contributed by atoms with Crippen LogP contribution in [0.2, 0.25) is 0 Å². The Kier molecular flexibility index (Phi) is 4.13. The number of carbonyl (C=O) groups excluding carboxylic acids is 1. The highest BCUT2D eigenvalue weighted by atomic mass is 16.6. The van der Waals surface area contributed by atoms with Crippen LogP contribution in [-0.4, -0.2) is 34.5 Å². The van der Waals surface area contributed by atoms with Gasteiger partial charge in [-0.15, -0.1) is 0 Å². The monoisotopic (exact) mass is 279 g/mol. The maximum atomic E-state index is 10.8. The quantitative estimate of drug-likeness (QED) is 0.893. The number of carbonyl (C=O) groups is 1. The number of nitrogens with two attached hydrogens (primary N) is 1. The minimum absolute atomic E-state index is 0.165. The van der Waals surface area contributed by atoms with Crippen molar-refractivity contribution in [1.29, 1.82) is 0 Å². The molecule has 1 atom stereocenters. The largest absolute Gasteiger partial charge is 0.446 e. The number of aromatic nitrogens is 2. The van der Waals surface area contributed by atoms with Crippen molar-refractivity contribution in [2.24, 2.45) is 5.73 Å². The van der Waals surface area contributed by atoms with Crippen LogP contribution in [0, 0.1) is 0 Å². The van der Waals surface area contributed by atoms with Gasteiger partial charge in [-0.1, -0.05) is 6.08 Å². The average molecular weight is 279 g/mol. The van der Waals surface area contributed by atoms with Gasteiger partial charge in [-0.3, -0.25) is 0 Å². The third kappa shape index (κ3) is 3.39. The molecule has 2 N–H and O–H groups in total. The zero-order valence-electron chi connectivity index (χ0n) is 12.1. The smallest absolute Gasteiger partial charge is 0.404 e. The zero-order valence-corrected chi connectivity index (χ0v) is 12.1. The molecule has 0 bridgehead atoms. The van der Waals surface area contributed by atoms with E-state index < -0.39 is 6.09 Å². The zero-order chi connectivity index (χ0) is 14.8. The molecule has 1 unspecified atom stereocenters. The van der Waals surface area contributed by atoms with Crippen molar-refractivity contribution in [2.75, 3.05) is 7.11 Å². The second-order valence-corrected chi connectivity index (χ2v) is 5.60. The molecule has 110 valence electrons. The van der Waals surface area contributed by atoms with Crippen molar-refractivity contribution in [2.45, 2.75) is 44.9 Å². The molecule has 20 heavy (non-hydrogen) atoms. The molecule has 0 radical (unpaired) electrons. The third-order valence-corrected chi connectivity index (χ3v) is 3.50. The summed E-state index contributed by atoms with van der Waals surface area (Å²) in [6.07, 6.45) is 6.16. The molecule has 1 aromatic rings. The molecular weight excluding hydrogens is 258 g/mol. The maximum absolute atomic E-state index is 10.8. The summed E-state index contributed by atoms with van der Waals surface area (Å²) < 4.78 is 12.5. The standard InChI is InChI=1S/C14H21N3O3/c1-14(2,19-3)8-17-9-16-7-12(17)10-4-5-11(6-10)20-13(15)18/h4,7,9,11H,5-6,8H2,1-3H3,(H2,15,18). The van der Waals surface area contributed by atoms with Crippen LogP contribution in [0.3, 0.4) is 0 Å². The fraction of sp³-hybridized carbons (Fsp3) is 0.571. The molecule has 1 aromatic heterocycles. The Hall–Kier alpha value is -1.82. The molecule has 0 saturated heterocycles. The van der Waals surface area contributed by atoms with Gasteiger partial charge >= 0.3 is 6.09 Å². The van der Waals surface area contributed by atoms with Crippen molar-refractivity contribution in [1.82, 2.24) is 9.55 Å². The van der Waals surface area contributed by atoms with Gasteiger partial charge in [-0.05, 0) is 19.4 Å². The third-order valence-electron chi connectivity index (χ3n) is 3.50. The molecule has 1 amide bonds. The van der Waals surface area contributed by atoms with Crippen molar-refractivity contribution in [3.63, 3.8) is 0 Å². The van der Waals surface area contributed by atoms with Crippen molar-refractivity contribution in [3.8, 4) is 0 Å². The Morgan fingerprint density at radius 3 is 3.00 bits per heavy atom. The molecule has 6 heteroatoms. The fourth-order valence-corrected chi connectivity index (χ4v) is 2.34. The Bertz CT molecular complexity index is 519. The van der Waals surface area contributed by atoms with E-state index in [1.54, 1.807) is 13.4 Å². The molecule has 1 aliphatic carbocycles. The van der Waals surface area contributed by atoms with Crippen LogP contribution in [-0.2, 0) is 16.0 Å². The Labute approximate surface area is 118 Å². The van der Waals surface area contributed by atoms with Gasteiger partial charge in [-0.2, -0.15) is 0 Å². The predicted octanol–water partition coefficient (Wildman–Crippen LogP) is 1.95. The number of nitrogens with zero attached hydrogens (tertiary/aromatic N) is 2. The normalized spacial score (nSPS) is 18.9. The van der Waals surface area contributed by atoms with Crippen LogP contribution in [0.5, 0.6) is 0 Å². The van der Waals surface area contributed by atoms with Gasteiger partial charge in [0.15, 0.2) is 0 Å². The van der Waals surface area contributed by atoms with Crippen LogP contribution >= 0.6 is 0 Å². The van der Waals surface area contributed by atoms with Gasteiger partial charge in [0, 0.05) is 20.0 Å². The first-order valence-electron chi connectivity index (χ1n) is 6.62. The van der Waals surface area contributed by atoms with E-state index in [-0.39, 0.29) is 11.7 Å². The van der Waals surface area contributed by atoms with Crippen molar-refractivity contribution in [3.05, 3.63) is 24.3 Å². The van der Waals surface area contributed by atoms with E-state index in [4.69, 9.17) is 15.2 Å². The summed E-state index contributed by atoms with van der Waals surface area (Å²) >= 11 is 0. The summed E-state index contributed by atoms with van der Waals surface area (Å²) in [6, 6.07) is 0. The lowest BCUT2D eigenvalue weighted by molar-refractivity contribution is 0.00796. The Morgan fingerprint density at radius 1 is 1.60 bits per heavy atom. The van der Waals surface area contributed by atoms with Crippen LogP contribution in [0.4, 0.5) is 4.79 Å². The summed E-state index contributed by atoms with van der Waals surface area (Å²) in [5.74, 6) is 0. The summed E-state index contributed by atoms with van der Waals surface area (Å²) in [5.41, 5.74) is 6.94. The number of primary amides is 1. The lowest BCUT2D eigenvalue weighted by Gasteiger charge is -2.24. The summed E-state index contributed by atoms with van der Waals surface area (Å²) in [7, 11) is 1.70. The molecule has 0 aromatic carbocycles. The summed E-state index contributed by atoms with van der Waals surface area (Å²) in [6.45, 7) is 4.76. The molecule has 2 rings (SSSR count).